The van der Waals surface area contributed by atoms with Gasteiger partial charge in [0.05, 0.1) is 11.7 Å². The molecule has 1 aliphatic carbocycles. The summed E-state index contributed by atoms with van der Waals surface area (Å²) in [5.74, 6) is 4.24. The first-order valence-corrected chi connectivity index (χ1v) is 11.5. The number of hydrogen-bond acceptors (Lipinski definition) is 3. The molecule has 0 saturated heterocycles. The van der Waals surface area contributed by atoms with Crippen LogP contribution in [0.3, 0.4) is 0 Å². The fourth-order valence-electron chi connectivity index (χ4n) is 4.66. The monoisotopic (exact) mass is 482 g/mol. The van der Waals surface area contributed by atoms with E-state index in [1.807, 2.05) is 24.4 Å². The van der Waals surface area contributed by atoms with E-state index in [4.69, 9.17) is 11.2 Å². The van der Waals surface area contributed by atoms with Crippen molar-refractivity contribution in [2.45, 2.75) is 18.4 Å². The van der Waals surface area contributed by atoms with Crippen LogP contribution in [0.25, 0.3) is 0 Å². The standard InChI is InChI=1S/C28H23BrN2O/c1-2-16-32-27-15-12-21(29)17-20(27)18-30-22-13-10-19(11-14-22)28-25-8-5-7-23(25)24-6-3-4-9-26(24)31-28/h1,3-7,9-15,17-18,23,25,28,31H,8,16H2/t23-,25-,28-/m0/s1. The maximum atomic E-state index is 5.63. The summed E-state index contributed by atoms with van der Waals surface area (Å²) in [5, 5.41) is 3.78. The molecule has 5 rings (SSSR count). The van der Waals surface area contributed by atoms with Crippen LogP contribution in [0.15, 0.2) is 88.3 Å². The molecule has 0 spiro atoms. The third-order valence-electron chi connectivity index (χ3n) is 6.16. The summed E-state index contributed by atoms with van der Waals surface area (Å²) < 4.78 is 6.60. The summed E-state index contributed by atoms with van der Waals surface area (Å²) in [4.78, 5) is 4.66. The third kappa shape index (κ3) is 4.09. The predicted molar refractivity (Wildman–Crippen MR) is 135 cm³/mol. The van der Waals surface area contributed by atoms with E-state index in [2.05, 4.69) is 92.8 Å². The van der Waals surface area contributed by atoms with Crippen molar-refractivity contribution >= 4 is 33.5 Å². The molecule has 1 aliphatic heterocycles. The van der Waals surface area contributed by atoms with E-state index >= 15 is 0 Å². The molecular formula is C28H23BrN2O. The molecular weight excluding hydrogens is 460 g/mol. The maximum absolute atomic E-state index is 5.63. The number of rotatable bonds is 5. The number of anilines is 1. The number of benzene rings is 3. The number of halogens is 1. The fraction of sp³-hybridized carbons (Fsp3) is 0.179. The minimum atomic E-state index is 0.228. The molecule has 0 amide bonds. The van der Waals surface area contributed by atoms with Gasteiger partial charge in [-0.1, -0.05) is 64.3 Å². The minimum absolute atomic E-state index is 0.228. The SMILES string of the molecule is C#CCOc1ccc(Br)cc1C=Nc1ccc([C@@H]2Nc3ccccc3[C@@H]3C=CC[C@@H]32)cc1. The van der Waals surface area contributed by atoms with Gasteiger partial charge in [0.15, 0.2) is 0 Å². The molecule has 2 aliphatic rings. The average Bonchev–Trinajstić information content (AvgIpc) is 3.32. The highest BCUT2D eigenvalue weighted by Crippen LogP contribution is 2.49. The molecule has 3 nitrogen and oxygen atoms in total. The zero-order chi connectivity index (χ0) is 21.9. The Hall–Kier alpha value is -3.29. The molecule has 0 saturated carbocycles. The number of allylic oxidation sites excluding steroid dienone is 2. The summed E-state index contributed by atoms with van der Waals surface area (Å²) in [5.41, 5.74) is 5.71. The van der Waals surface area contributed by atoms with Crippen LogP contribution in [0, 0.1) is 18.3 Å². The van der Waals surface area contributed by atoms with Crippen molar-refractivity contribution in [2.75, 3.05) is 11.9 Å². The summed E-state index contributed by atoms with van der Waals surface area (Å²) in [6, 6.07) is 23.3. The predicted octanol–water partition coefficient (Wildman–Crippen LogP) is 7.04. The highest BCUT2D eigenvalue weighted by molar-refractivity contribution is 9.10. The van der Waals surface area contributed by atoms with Crippen LogP contribution in [0.4, 0.5) is 11.4 Å². The maximum Gasteiger partial charge on any atom is 0.148 e. The van der Waals surface area contributed by atoms with Gasteiger partial charge in [0, 0.05) is 27.9 Å². The van der Waals surface area contributed by atoms with E-state index in [0.29, 0.717) is 11.8 Å². The van der Waals surface area contributed by atoms with Crippen LogP contribution in [-0.4, -0.2) is 12.8 Å². The molecule has 3 aromatic carbocycles. The molecule has 0 aromatic heterocycles. The first-order chi connectivity index (χ1) is 15.7. The lowest BCUT2D eigenvalue weighted by molar-refractivity contribution is 0.370. The molecule has 3 aromatic rings. The van der Waals surface area contributed by atoms with E-state index in [-0.39, 0.29) is 12.6 Å². The van der Waals surface area contributed by atoms with Gasteiger partial charge in [-0.2, -0.15) is 0 Å². The van der Waals surface area contributed by atoms with Gasteiger partial charge >= 0.3 is 0 Å². The quantitative estimate of drug-likeness (QED) is 0.240. The molecule has 0 bridgehead atoms. The Balaban J connectivity index is 1.37. The second-order valence-electron chi connectivity index (χ2n) is 8.09. The van der Waals surface area contributed by atoms with Gasteiger partial charge < -0.3 is 10.1 Å². The van der Waals surface area contributed by atoms with E-state index in [1.165, 1.54) is 16.8 Å². The molecule has 1 N–H and O–H groups in total. The Morgan fingerprint density at radius 1 is 1.12 bits per heavy atom. The van der Waals surface area contributed by atoms with Crippen LogP contribution in [-0.2, 0) is 0 Å². The van der Waals surface area contributed by atoms with Crippen molar-refractivity contribution in [1.29, 1.82) is 0 Å². The highest BCUT2D eigenvalue weighted by atomic mass is 79.9. The van der Waals surface area contributed by atoms with Gasteiger partial charge in [0.2, 0.25) is 0 Å². The number of terminal acetylenes is 1. The number of ether oxygens (including phenoxy) is 1. The van der Waals surface area contributed by atoms with Crippen molar-refractivity contribution in [3.05, 3.63) is 100 Å². The molecule has 4 heteroatoms. The number of nitrogens with one attached hydrogen (secondary N) is 1. The Bertz CT molecular complexity index is 1220. The molecule has 0 unspecified atom stereocenters. The Morgan fingerprint density at radius 3 is 2.81 bits per heavy atom. The molecule has 1 heterocycles. The average molecular weight is 483 g/mol. The highest BCUT2D eigenvalue weighted by Gasteiger charge is 2.37. The summed E-state index contributed by atoms with van der Waals surface area (Å²) in [6.07, 6.45) is 12.9. The Morgan fingerprint density at radius 2 is 1.97 bits per heavy atom. The van der Waals surface area contributed by atoms with Crippen LogP contribution in [0.5, 0.6) is 5.75 Å². The first-order valence-electron chi connectivity index (χ1n) is 10.7. The number of nitrogens with zero attached hydrogens (tertiary/aromatic N) is 1. The van der Waals surface area contributed by atoms with Crippen LogP contribution < -0.4 is 10.1 Å². The summed E-state index contributed by atoms with van der Waals surface area (Å²) in [7, 11) is 0. The van der Waals surface area contributed by atoms with Crippen molar-refractivity contribution in [2.24, 2.45) is 10.9 Å². The lowest BCUT2D eigenvalue weighted by atomic mass is 9.77. The third-order valence-corrected chi connectivity index (χ3v) is 6.65. The van der Waals surface area contributed by atoms with Crippen LogP contribution >= 0.6 is 15.9 Å². The summed E-state index contributed by atoms with van der Waals surface area (Å²) >= 11 is 3.51. The molecule has 32 heavy (non-hydrogen) atoms. The van der Waals surface area contributed by atoms with E-state index < -0.39 is 0 Å². The fourth-order valence-corrected chi connectivity index (χ4v) is 5.04. The Labute approximate surface area is 197 Å². The van der Waals surface area contributed by atoms with Gasteiger partial charge in [-0.05, 0) is 59.9 Å². The summed E-state index contributed by atoms with van der Waals surface area (Å²) in [6.45, 7) is 0.228. The van der Waals surface area contributed by atoms with Crippen molar-refractivity contribution < 1.29 is 4.74 Å². The zero-order valence-electron chi connectivity index (χ0n) is 17.5. The van der Waals surface area contributed by atoms with Gasteiger partial charge in [-0.25, -0.2) is 0 Å². The topological polar surface area (TPSA) is 33.6 Å². The normalized spacial score (nSPS) is 20.9. The van der Waals surface area contributed by atoms with E-state index in [0.717, 1.165) is 27.9 Å². The van der Waals surface area contributed by atoms with Crippen molar-refractivity contribution in [3.8, 4) is 18.1 Å². The first kappa shape index (κ1) is 20.6. The van der Waals surface area contributed by atoms with E-state index in [9.17, 15) is 0 Å². The zero-order valence-corrected chi connectivity index (χ0v) is 19.1. The second-order valence-corrected chi connectivity index (χ2v) is 9.00. The molecule has 0 fully saturated rings. The van der Waals surface area contributed by atoms with Crippen LogP contribution in [0.1, 0.15) is 35.1 Å². The molecule has 158 valence electrons. The number of fused-ring (bicyclic) bond motifs is 3. The lowest BCUT2D eigenvalue weighted by Crippen LogP contribution is -2.28. The molecule has 0 radical (unpaired) electrons. The lowest BCUT2D eigenvalue weighted by Gasteiger charge is -2.37. The van der Waals surface area contributed by atoms with Gasteiger partial charge in [-0.3, -0.25) is 4.99 Å². The largest absolute Gasteiger partial charge is 0.480 e. The van der Waals surface area contributed by atoms with Gasteiger partial charge in [0.1, 0.15) is 12.4 Å². The minimum Gasteiger partial charge on any atom is -0.480 e. The van der Waals surface area contributed by atoms with Crippen molar-refractivity contribution in [3.63, 3.8) is 0 Å². The second kappa shape index (κ2) is 9.06. The molecule has 3 atom stereocenters. The van der Waals surface area contributed by atoms with Crippen molar-refractivity contribution in [1.82, 2.24) is 0 Å². The Kier molecular flexibility index (Phi) is 5.83. The van der Waals surface area contributed by atoms with Gasteiger partial charge in [-0.15, -0.1) is 6.42 Å². The van der Waals surface area contributed by atoms with Gasteiger partial charge in [0.25, 0.3) is 0 Å². The number of aliphatic imine (C=N–C) groups is 1. The number of para-hydroxylation sites is 1. The van der Waals surface area contributed by atoms with Crippen LogP contribution in [0.2, 0.25) is 0 Å². The smallest absolute Gasteiger partial charge is 0.148 e. The van der Waals surface area contributed by atoms with E-state index in [1.54, 1.807) is 0 Å². The number of hydrogen-bond donors (Lipinski definition) is 1.